The van der Waals surface area contributed by atoms with Gasteiger partial charge in [-0.25, -0.2) is 0 Å². The van der Waals surface area contributed by atoms with Crippen molar-refractivity contribution in [1.29, 1.82) is 0 Å². The minimum atomic E-state index is 0.209. The second-order valence-electron chi connectivity index (χ2n) is 5.32. The molecule has 18 heavy (non-hydrogen) atoms. The zero-order valence-corrected chi connectivity index (χ0v) is 12.2. The van der Waals surface area contributed by atoms with E-state index in [9.17, 15) is 0 Å². The number of likely N-dealkylation sites (N-methyl/N-ethyl adjacent to an activating group) is 1. The molecule has 0 heterocycles. The largest absolute Gasteiger partial charge is 0.491 e. The number of anilines is 1. The summed E-state index contributed by atoms with van der Waals surface area (Å²) in [7, 11) is 2.09. The van der Waals surface area contributed by atoms with Crippen molar-refractivity contribution in [1.82, 2.24) is 0 Å². The molecule has 3 nitrogen and oxygen atoms in total. The predicted molar refractivity (Wildman–Crippen MR) is 78.3 cm³/mol. The molecule has 1 unspecified atom stereocenters. The number of hydrogen-bond acceptors (Lipinski definition) is 3. The van der Waals surface area contributed by atoms with Gasteiger partial charge in [-0.15, -0.1) is 0 Å². The summed E-state index contributed by atoms with van der Waals surface area (Å²) in [4.78, 5) is 2.24. The average Bonchev–Trinajstić information content (AvgIpc) is 2.29. The van der Waals surface area contributed by atoms with E-state index in [0.29, 0.717) is 18.5 Å². The normalized spacial score (nSPS) is 12.9. The van der Waals surface area contributed by atoms with Crippen LogP contribution in [0.3, 0.4) is 0 Å². The second-order valence-corrected chi connectivity index (χ2v) is 5.32. The molecule has 3 heteroatoms. The van der Waals surface area contributed by atoms with E-state index < -0.39 is 0 Å². The number of rotatable bonds is 6. The van der Waals surface area contributed by atoms with Crippen LogP contribution in [0.1, 0.15) is 27.7 Å². The Balaban J connectivity index is 2.77. The minimum absolute atomic E-state index is 0.209. The summed E-state index contributed by atoms with van der Waals surface area (Å²) in [5, 5.41) is 0. The Morgan fingerprint density at radius 3 is 2.06 bits per heavy atom. The van der Waals surface area contributed by atoms with Gasteiger partial charge >= 0.3 is 0 Å². The van der Waals surface area contributed by atoms with Crippen molar-refractivity contribution in [3.63, 3.8) is 0 Å². The quantitative estimate of drug-likeness (QED) is 0.843. The SMILES string of the molecule is CC(C)Oc1ccc(N(C)C(CN)C(C)C)cc1. The third kappa shape index (κ3) is 3.91. The highest BCUT2D eigenvalue weighted by atomic mass is 16.5. The van der Waals surface area contributed by atoms with Gasteiger partial charge in [0.15, 0.2) is 0 Å². The Morgan fingerprint density at radius 1 is 1.11 bits per heavy atom. The minimum Gasteiger partial charge on any atom is -0.491 e. The van der Waals surface area contributed by atoms with E-state index in [1.165, 1.54) is 5.69 Å². The lowest BCUT2D eigenvalue weighted by molar-refractivity contribution is 0.242. The van der Waals surface area contributed by atoms with Gasteiger partial charge in [-0.05, 0) is 44.0 Å². The van der Waals surface area contributed by atoms with E-state index in [-0.39, 0.29) is 6.10 Å². The van der Waals surface area contributed by atoms with Crippen molar-refractivity contribution in [2.45, 2.75) is 39.8 Å². The van der Waals surface area contributed by atoms with Crippen LogP contribution in [0.15, 0.2) is 24.3 Å². The van der Waals surface area contributed by atoms with Crippen LogP contribution in [0.25, 0.3) is 0 Å². The fourth-order valence-electron chi connectivity index (χ4n) is 2.10. The van der Waals surface area contributed by atoms with E-state index in [1.54, 1.807) is 0 Å². The van der Waals surface area contributed by atoms with Crippen molar-refractivity contribution in [3.05, 3.63) is 24.3 Å². The van der Waals surface area contributed by atoms with Gasteiger partial charge in [0.1, 0.15) is 5.75 Å². The third-order valence-corrected chi connectivity index (χ3v) is 3.12. The summed E-state index contributed by atoms with van der Waals surface area (Å²) in [5.41, 5.74) is 7.02. The van der Waals surface area contributed by atoms with Gasteiger partial charge in [0.25, 0.3) is 0 Å². The number of nitrogens with zero attached hydrogens (tertiary/aromatic N) is 1. The van der Waals surface area contributed by atoms with Gasteiger partial charge in [-0.1, -0.05) is 13.8 Å². The van der Waals surface area contributed by atoms with Gasteiger partial charge in [-0.3, -0.25) is 0 Å². The second kappa shape index (κ2) is 6.64. The highest BCUT2D eigenvalue weighted by Crippen LogP contribution is 2.22. The maximum atomic E-state index is 5.84. The number of nitrogens with two attached hydrogens (primary N) is 1. The molecule has 0 aromatic heterocycles. The van der Waals surface area contributed by atoms with Crippen LogP contribution in [-0.4, -0.2) is 25.7 Å². The van der Waals surface area contributed by atoms with Crippen molar-refractivity contribution in [2.75, 3.05) is 18.5 Å². The molecule has 0 saturated carbocycles. The average molecular weight is 250 g/mol. The summed E-state index contributed by atoms with van der Waals surface area (Å²) in [6, 6.07) is 8.56. The topological polar surface area (TPSA) is 38.5 Å². The molecule has 1 aromatic rings. The van der Waals surface area contributed by atoms with Crippen molar-refractivity contribution >= 4 is 5.69 Å². The number of hydrogen-bond donors (Lipinski definition) is 1. The van der Waals surface area contributed by atoms with Gasteiger partial charge < -0.3 is 15.4 Å². The summed E-state index contributed by atoms with van der Waals surface area (Å²) in [6.07, 6.45) is 0.209. The molecule has 0 saturated heterocycles. The summed E-state index contributed by atoms with van der Waals surface area (Å²) >= 11 is 0. The standard InChI is InChI=1S/C15H26N2O/c1-11(2)15(10-16)17(5)13-6-8-14(9-7-13)18-12(3)4/h6-9,11-12,15H,10,16H2,1-5H3. The third-order valence-electron chi connectivity index (χ3n) is 3.12. The Morgan fingerprint density at radius 2 is 1.67 bits per heavy atom. The van der Waals surface area contributed by atoms with Gasteiger partial charge in [0.2, 0.25) is 0 Å². The molecule has 0 fully saturated rings. The molecule has 0 radical (unpaired) electrons. The number of ether oxygens (including phenoxy) is 1. The first kappa shape index (κ1) is 14.8. The Kier molecular flexibility index (Phi) is 5.48. The van der Waals surface area contributed by atoms with Crippen LogP contribution >= 0.6 is 0 Å². The van der Waals surface area contributed by atoms with Crippen molar-refractivity contribution < 1.29 is 4.74 Å². The maximum Gasteiger partial charge on any atom is 0.119 e. The molecular formula is C15H26N2O. The predicted octanol–water partition coefficient (Wildman–Crippen LogP) is 2.89. The molecule has 2 N–H and O–H groups in total. The lowest BCUT2D eigenvalue weighted by atomic mass is 10.0. The lowest BCUT2D eigenvalue weighted by Crippen LogP contribution is -2.41. The molecule has 0 aliphatic rings. The molecule has 1 rings (SSSR count). The van der Waals surface area contributed by atoms with E-state index >= 15 is 0 Å². The van der Waals surface area contributed by atoms with Crippen molar-refractivity contribution in [3.8, 4) is 5.75 Å². The van der Waals surface area contributed by atoms with E-state index in [0.717, 1.165) is 5.75 Å². The van der Waals surface area contributed by atoms with Crippen molar-refractivity contribution in [2.24, 2.45) is 11.7 Å². The van der Waals surface area contributed by atoms with E-state index in [1.807, 2.05) is 26.0 Å². The van der Waals surface area contributed by atoms with Gasteiger partial charge in [0, 0.05) is 25.3 Å². The molecular weight excluding hydrogens is 224 g/mol. The zero-order valence-electron chi connectivity index (χ0n) is 12.2. The summed E-state index contributed by atoms with van der Waals surface area (Å²) in [5.74, 6) is 1.45. The molecule has 0 bridgehead atoms. The molecule has 0 aliphatic heterocycles. The fraction of sp³-hybridized carbons (Fsp3) is 0.600. The highest BCUT2D eigenvalue weighted by molar-refractivity contribution is 5.49. The number of benzene rings is 1. The molecule has 102 valence electrons. The van der Waals surface area contributed by atoms with Gasteiger partial charge in [0.05, 0.1) is 6.10 Å². The fourth-order valence-corrected chi connectivity index (χ4v) is 2.10. The first-order valence-corrected chi connectivity index (χ1v) is 6.65. The molecule has 0 aliphatic carbocycles. The van der Waals surface area contributed by atoms with Crippen LogP contribution in [0.4, 0.5) is 5.69 Å². The lowest BCUT2D eigenvalue weighted by Gasteiger charge is -2.32. The summed E-state index contributed by atoms with van der Waals surface area (Å²) < 4.78 is 5.64. The van der Waals surface area contributed by atoms with Crippen LogP contribution in [0, 0.1) is 5.92 Å². The van der Waals surface area contributed by atoms with E-state index in [4.69, 9.17) is 10.5 Å². The molecule has 1 aromatic carbocycles. The summed E-state index contributed by atoms with van der Waals surface area (Å²) in [6.45, 7) is 9.12. The Hall–Kier alpha value is -1.22. The first-order valence-electron chi connectivity index (χ1n) is 6.65. The van der Waals surface area contributed by atoms with Crippen LogP contribution in [-0.2, 0) is 0 Å². The Labute approximate surface area is 111 Å². The van der Waals surface area contributed by atoms with E-state index in [2.05, 4.69) is 37.9 Å². The first-order chi connectivity index (χ1) is 8.45. The Bertz CT molecular complexity index is 346. The zero-order chi connectivity index (χ0) is 13.7. The van der Waals surface area contributed by atoms with Crippen LogP contribution in [0.2, 0.25) is 0 Å². The van der Waals surface area contributed by atoms with Crippen LogP contribution in [0.5, 0.6) is 5.75 Å². The van der Waals surface area contributed by atoms with Crippen LogP contribution < -0.4 is 15.4 Å². The molecule has 0 spiro atoms. The molecule has 0 amide bonds. The smallest absolute Gasteiger partial charge is 0.119 e. The molecule has 1 atom stereocenters. The monoisotopic (exact) mass is 250 g/mol. The van der Waals surface area contributed by atoms with Gasteiger partial charge in [-0.2, -0.15) is 0 Å². The maximum absolute atomic E-state index is 5.84. The highest BCUT2D eigenvalue weighted by Gasteiger charge is 2.17.